The lowest BCUT2D eigenvalue weighted by molar-refractivity contribution is -0.117. The van der Waals surface area contributed by atoms with Gasteiger partial charge in [0.05, 0.1) is 0 Å². The molecule has 0 saturated carbocycles. The molecular weight excluding hydrogens is 310 g/mol. The van der Waals surface area contributed by atoms with Crippen molar-refractivity contribution in [1.29, 1.82) is 0 Å². The Kier molecular flexibility index (Phi) is 4.37. The van der Waals surface area contributed by atoms with Crippen LogP contribution in [-0.4, -0.2) is 10.9 Å². The number of H-pyrrole nitrogens is 1. The number of halogens is 1. The first-order valence-corrected chi connectivity index (χ1v) is 7.88. The number of aromatic amines is 1. The third-order valence-electron chi connectivity index (χ3n) is 3.82. The molecule has 0 aliphatic heterocycles. The summed E-state index contributed by atoms with van der Waals surface area (Å²) in [6.07, 6.45) is 0.940. The molecule has 5 heteroatoms. The van der Waals surface area contributed by atoms with E-state index in [9.17, 15) is 4.79 Å². The first kappa shape index (κ1) is 15.6. The highest BCUT2D eigenvalue weighted by Gasteiger charge is 2.16. The number of aromatic nitrogens is 1. The van der Waals surface area contributed by atoms with E-state index in [0.29, 0.717) is 10.6 Å². The van der Waals surface area contributed by atoms with E-state index in [4.69, 9.17) is 17.3 Å². The fourth-order valence-corrected chi connectivity index (χ4v) is 2.73. The smallest absolute Gasteiger partial charge is 0.245 e. The number of fused-ring (bicyclic) bond motifs is 1. The molecule has 1 aromatic heterocycles. The number of anilines is 1. The van der Waals surface area contributed by atoms with Gasteiger partial charge >= 0.3 is 0 Å². The zero-order valence-electron chi connectivity index (χ0n) is 12.8. The van der Waals surface area contributed by atoms with Crippen LogP contribution in [0.25, 0.3) is 10.9 Å². The predicted octanol–water partition coefficient (Wildman–Crippen LogP) is 4.02. The van der Waals surface area contributed by atoms with Crippen molar-refractivity contribution in [2.75, 3.05) is 5.32 Å². The summed E-state index contributed by atoms with van der Waals surface area (Å²) >= 11 is 5.94. The maximum Gasteiger partial charge on any atom is 0.245 e. The standard InChI is InChI=1S/C18H18ClN3O/c1-2-14-9-12-10-15(6-7-16(12)21-14)22-18(23)17(20)11-4-3-5-13(19)8-11/h3-10,17,21H,2,20H2,1H3,(H,22,23). The normalized spacial score (nSPS) is 12.3. The van der Waals surface area contributed by atoms with Crippen molar-refractivity contribution in [3.63, 3.8) is 0 Å². The number of hydrogen-bond donors (Lipinski definition) is 3. The van der Waals surface area contributed by atoms with Gasteiger partial charge in [-0.25, -0.2) is 0 Å². The molecule has 1 atom stereocenters. The molecular formula is C18H18ClN3O. The maximum absolute atomic E-state index is 12.3. The number of nitrogens with two attached hydrogens (primary N) is 1. The maximum atomic E-state index is 12.3. The van der Waals surface area contributed by atoms with Gasteiger partial charge in [-0.1, -0.05) is 30.7 Å². The van der Waals surface area contributed by atoms with Gasteiger partial charge in [0.15, 0.2) is 0 Å². The highest BCUT2D eigenvalue weighted by Crippen LogP contribution is 2.22. The van der Waals surface area contributed by atoms with E-state index in [1.54, 1.807) is 24.3 Å². The summed E-state index contributed by atoms with van der Waals surface area (Å²) in [4.78, 5) is 15.7. The van der Waals surface area contributed by atoms with Crippen molar-refractivity contribution in [2.24, 2.45) is 5.73 Å². The summed E-state index contributed by atoms with van der Waals surface area (Å²) in [7, 11) is 0. The van der Waals surface area contributed by atoms with Gasteiger partial charge in [0.2, 0.25) is 5.91 Å². The molecule has 23 heavy (non-hydrogen) atoms. The first-order valence-electron chi connectivity index (χ1n) is 7.50. The Balaban J connectivity index is 1.79. The molecule has 0 aliphatic carbocycles. The Labute approximate surface area is 139 Å². The molecule has 0 aliphatic rings. The fraction of sp³-hybridized carbons (Fsp3) is 0.167. The van der Waals surface area contributed by atoms with E-state index >= 15 is 0 Å². The lowest BCUT2D eigenvalue weighted by Crippen LogP contribution is -2.27. The number of amides is 1. The second-order valence-electron chi connectivity index (χ2n) is 5.47. The van der Waals surface area contributed by atoms with Crippen LogP contribution in [0.2, 0.25) is 5.02 Å². The van der Waals surface area contributed by atoms with Gasteiger partial charge in [0.1, 0.15) is 6.04 Å². The van der Waals surface area contributed by atoms with Crippen LogP contribution in [0.15, 0.2) is 48.5 Å². The second kappa shape index (κ2) is 6.44. The van der Waals surface area contributed by atoms with Crippen LogP contribution in [-0.2, 0) is 11.2 Å². The summed E-state index contributed by atoms with van der Waals surface area (Å²) in [6, 6.07) is 14.1. The number of carbonyl (C=O) groups excluding carboxylic acids is 1. The topological polar surface area (TPSA) is 70.9 Å². The summed E-state index contributed by atoms with van der Waals surface area (Å²) in [5.74, 6) is -0.266. The van der Waals surface area contributed by atoms with Crippen molar-refractivity contribution >= 4 is 34.1 Å². The van der Waals surface area contributed by atoms with Crippen molar-refractivity contribution in [3.05, 3.63) is 64.8 Å². The fourth-order valence-electron chi connectivity index (χ4n) is 2.53. The molecule has 3 rings (SSSR count). The Hall–Kier alpha value is -2.30. The number of benzene rings is 2. The second-order valence-corrected chi connectivity index (χ2v) is 5.91. The van der Waals surface area contributed by atoms with Gasteiger partial charge in [-0.2, -0.15) is 0 Å². The molecule has 118 valence electrons. The Bertz CT molecular complexity index is 856. The van der Waals surface area contributed by atoms with Gasteiger partial charge in [0, 0.05) is 27.3 Å². The van der Waals surface area contributed by atoms with E-state index in [1.807, 2.05) is 18.2 Å². The number of hydrogen-bond acceptors (Lipinski definition) is 2. The van der Waals surface area contributed by atoms with Gasteiger partial charge in [-0.15, -0.1) is 0 Å². The lowest BCUT2D eigenvalue weighted by Gasteiger charge is -2.13. The minimum atomic E-state index is -0.762. The average Bonchev–Trinajstić information content (AvgIpc) is 2.96. The molecule has 1 amide bonds. The summed E-state index contributed by atoms with van der Waals surface area (Å²) in [6.45, 7) is 2.09. The van der Waals surface area contributed by atoms with Crippen LogP contribution in [0.1, 0.15) is 24.2 Å². The largest absolute Gasteiger partial charge is 0.358 e. The number of aryl methyl sites for hydroxylation is 1. The van der Waals surface area contributed by atoms with Crippen molar-refractivity contribution < 1.29 is 4.79 Å². The Morgan fingerprint density at radius 1 is 1.26 bits per heavy atom. The number of nitrogens with one attached hydrogen (secondary N) is 2. The third kappa shape index (κ3) is 3.38. The van der Waals surface area contributed by atoms with Gasteiger partial charge in [-0.05, 0) is 48.4 Å². The summed E-state index contributed by atoms with van der Waals surface area (Å²) < 4.78 is 0. The molecule has 3 aromatic rings. The van der Waals surface area contributed by atoms with Crippen LogP contribution in [0.5, 0.6) is 0 Å². The Morgan fingerprint density at radius 2 is 2.09 bits per heavy atom. The van der Waals surface area contributed by atoms with Gasteiger partial charge < -0.3 is 16.0 Å². The van der Waals surface area contributed by atoms with Crippen LogP contribution in [0, 0.1) is 0 Å². The van der Waals surface area contributed by atoms with Crippen LogP contribution in [0.4, 0.5) is 5.69 Å². The minimum absolute atomic E-state index is 0.266. The van der Waals surface area contributed by atoms with Gasteiger partial charge in [-0.3, -0.25) is 4.79 Å². The highest BCUT2D eigenvalue weighted by atomic mass is 35.5. The average molecular weight is 328 g/mol. The quantitative estimate of drug-likeness (QED) is 0.677. The molecule has 0 fully saturated rings. The van der Waals surface area contributed by atoms with Crippen LogP contribution < -0.4 is 11.1 Å². The molecule has 4 nitrogen and oxygen atoms in total. The first-order chi connectivity index (χ1) is 11.1. The van der Waals surface area contributed by atoms with Crippen molar-refractivity contribution in [1.82, 2.24) is 4.98 Å². The lowest BCUT2D eigenvalue weighted by atomic mass is 10.1. The summed E-state index contributed by atoms with van der Waals surface area (Å²) in [5.41, 5.74) is 9.65. The van der Waals surface area contributed by atoms with E-state index in [-0.39, 0.29) is 5.91 Å². The molecule has 1 heterocycles. The zero-order valence-corrected chi connectivity index (χ0v) is 13.5. The molecule has 4 N–H and O–H groups in total. The van der Waals surface area contributed by atoms with E-state index < -0.39 is 6.04 Å². The SMILES string of the molecule is CCc1cc2cc(NC(=O)C(N)c3cccc(Cl)c3)ccc2[nH]1. The summed E-state index contributed by atoms with van der Waals surface area (Å²) in [5, 5.41) is 4.49. The molecule has 0 radical (unpaired) electrons. The molecule has 1 unspecified atom stereocenters. The van der Waals surface area contributed by atoms with Crippen molar-refractivity contribution in [2.45, 2.75) is 19.4 Å². The minimum Gasteiger partial charge on any atom is -0.358 e. The van der Waals surface area contributed by atoms with E-state index in [1.165, 1.54) is 5.69 Å². The van der Waals surface area contributed by atoms with Crippen molar-refractivity contribution in [3.8, 4) is 0 Å². The molecule has 2 aromatic carbocycles. The molecule has 0 spiro atoms. The third-order valence-corrected chi connectivity index (χ3v) is 4.05. The monoisotopic (exact) mass is 327 g/mol. The molecule has 0 saturated heterocycles. The Morgan fingerprint density at radius 3 is 2.83 bits per heavy atom. The molecule has 0 bridgehead atoms. The number of carbonyl (C=O) groups is 1. The van der Waals surface area contributed by atoms with Gasteiger partial charge in [0.25, 0.3) is 0 Å². The van der Waals surface area contributed by atoms with Crippen LogP contribution in [0.3, 0.4) is 0 Å². The number of rotatable bonds is 4. The predicted molar refractivity (Wildman–Crippen MR) is 94.7 cm³/mol. The highest BCUT2D eigenvalue weighted by molar-refractivity contribution is 6.30. The zero-order chi connectivity index (χ0) is 16.4. The van der Waals surface area contributed by atoms with E-state index in [0.717, 1.165) is 23.0 Å². The van der Waals surface area contributed by atoms with Crippen LogP contribution >= 0.6 is 11.6 Å². The van der Waals surface area contributed by atoms with E-state index in [2.05, 4.69) is 23.3 Å².